The number of rotatable bonds is 7. The van der Waals surface area contributed by atoms with E-state index in [1.807, 2.05) is 0 Å². The van der Waals surface area contributed by atoms with Crippen molar-refractivity contribution in [2.45, 2.75) is 25.7 Å². The Balaban J connectivity index is 2.71. The summed E-state index contributed by atoms with van der Waals surface area (Å²) in [6.45, 7) is 0.689. The molecule has 0 saturated carbocycles. The molecule has 0 spiro atoms. The minimum atomic E-state index is -0.240. The van der Waals surface area contributed by atoms with Gasteiger partial charge in [0, 0.05) is 6.07 Å². The number of halogens is 1. The first-order chi connectivity index (χ1) is 8.22. The van der Waals surface area contributed by atoms with Crippen LogP contribution in [0.1, 0.15) is 24.8 Å². The number of benzene rings is 1. The minimum absolute atomic E-state index is 0.240. The van der Waals surface area contributed by atoms with Gasteiger partial charge < -0.3 is 15.2 Å². The van der Waals surface area contributed by atoms with E-state index in [-0.39, 0.29) is 5.82 Å². The Bertz CT molecular complexity index is 356. The van der Waals surface area contributed by atoms with Crippen molar-refractivity contribution in [3.8, 4) is 11.5 Å². The highest BCUT2D eigenvalue weighted by Crippen LogP contribution is 2.30. The molecule has 2 N–H and O–H groups in total. The van der Waals surface area contributed by atoms with Crippen LogP contribution in [0.5, 0.6) is 11.5 Å². The van der Waals surface area contributed by atoms with Crippen molar-refractivity contribution in [1.29, 1.82) is 0 Å². The number of hydrogen-bond donors (Lipinski definition) is 1. The molecule has 17 heavy (non-hydrogen) atoms. The highest BCUT2D eigenvalue weighted by molar-refractivity contribution is 5.43. The lowest BCUT2D eigenvalue weighted by Gasteiger charge is -2.10. The summed E-state index contributed by atoms with van der Waals surface area (Å²) in [6, 6.07) is 3.08. The van der Waals surface area contributed by atoms with Gasteiger partial charge in [-0.25, -0.2) is 4.39 Å². The Hall–Kier alpha value is -1.29. The van der Waals surface area contributed by atoms with Crippen molar-refractivity contribution >= 4 is 0 Å². The summed E-state index contributed by atoms with van der Waals surface area (Å²) in [7, 11) is 3.05. The second-order valence-electron chi connectivity index (χ2n) is 3.90. The maximum atomic E-state index is 13.7. The van der Waals surface area contributed by atoms with E-state index < -0.39 is 0 Å². The Kier molecular flexibility index (Phi) is 5.77. The van der Waals surface area contributed by atoms with Gasteiger partial charge in [0.2, 0.25) is 0 Å². The van der Waals surface area contributed by atoms with E-state index in [0.29, 0.717) is 30.0 Å². The van der Waals surface area contributed by atoms with Gasteiger partial charge in [0.1, 0.15) is 5.82 Å². The van der Waals surface area contributed by atoms with Crippen LogP contribution in [0.3, 0.4) is 0 Å². The van der Waals surface area contributed by atoms with Crippen molar-refractivity contribution in [2.24, 2.45) is 5.73 Å². The van der Waals surface area contributed by atoms with Crippen molar-refractivity contribution in [3.63, 3.8) is 0 Å². The predicted molar refractivity (Wildman–Crippen MR) is 66.1 cm³/mol. The Labute approximate surface area is 102 Å². The molecule has 96 valence electrons. The SMILES string of the molecule is COc1cc(F)c(CCCCCN)cc1OC. The first-order valence-corrected chi connectivity index (χ1v) is 5.83. The van der Waals surface area contributed by atoms with E-state index in [0.717, 1.165) is 19.3 Å². The third-order valence-electron chi connectivity index (χ3n) is 2.70. The van der Waals surface area contributed by atoms with E-state index in [1.165, 1.54) is 13.2 Å². The molecule has 1 rings (SSSR count). The van der Waals surface area contributed by atoms with Crippen molar-refractivity contribution in [2.75, 3.05) is 20.8 Å². The molecule has 0 unspecified atom stereocenters. The fourth-order valence-corrected chi connectivity index (χ4v) is 1.72. The predicted octanol–water partition coefficient (Wildman–Crippen LogP) is 2.51. The van der Waals surface area contributed by atoms with Crippen LogP contribution in [0, 0.1) is 5.82 Å². The summed E-state index contributed by atoms with van der Waals surface area (Å²) in [5, 5.41) is 0. The van der Waals surface area contributed by atoms with Crippen LogP contribution in [-0.2, 0) is 6.42 Å². The Morgan fingerprint density at radius 3 is 2.29 bits per heavy atom. The van der Waals surface area contributed by atoms with Gasteiger partial charge in [-0.05, 0) is 37.4 Å². The molecule has 0 saturated heterocycles. The zero-order valence-electron chi connectivity index (χ0n) is 10.5. The zero-order valence-corrected chi connectivity index (χ0v) is 10.5. The summed E-state index contributed by atoms with van der Waals surface area (Å²) in [6.07, 6.45) is 3.63. The van der Waals surface area contributed by atoms with Crippen LogP contribution in [-0.4, -0.2) is 20.8 Å². The summed E-state index contributed by atoms with van der Waals surface area (Å²) < 4.78 is 23.9. The van der Waals surface area contributed by atoms with E-state index >= 15 is 0 Å². The molecular weight excluding hydrogens is 221 g/mol. The molecule has 0 atom stereocenters. The number of aryl methyl sites for hydroxylation is 1. The monoisotopic (exact) mass is 241 g/mol. The third kappa shape index (κ3) is 3.89. The third-order valence-corrected chi connectivity index (χ3v) is 2.70. The van der Waals surface area contributed by atoms with E-state index in [4.69, 9.17) is 15.2 Å². The second-order valence-corrected chi connectivity index (χ2v) is 3.90. The molecular formula is C13H20FNO2. The van der Waals surface area contributed by atoms with Gasteiger partial charge in [-0.15, -0.1) is 0 Å². The lowest BCUT2D eigenvalue weighted by Crippen LogP contribution is -2.00. The lowest BCUT2D eigenvalue weighted by atomic mass is 10.1. The standard InChI is InChI=1S/C13H20FNO2/c1-16-12-8-10(6-4-3-5-7-15)11(14)9-13(12)17-2/h8-9H,3-7,15H2,1-2H3. The number of nitrogens with two attached hydrogens (primary N) is 1. The average molecular weight is 241 g/mol. The topological polar surface area (TPSA) is 44.5 Å². The molecule has 0 aliphatic rings. The van der Waals surface area contributed by atoms with Crippen molar-refractivity contribution in [3.05, 3.63) is 23.5 Å². The molecule has 1 aromatic carbocycles. The van der Waals surface area contributed by atoms with Crippen molar-refractivity contribution < 1.29 is 13.9 Å². The highest BCUT2D eigenvalue weighted by atomic mass is 19.1. The van der Waals surface area contributed by atoms with Gasteiger partial charge >= 0.3 is 0 Å². The first-order valence-electron chi connectivity index (χ1n) is 5.83. The van der Waals surface area contributed by atoms with Gasteiger partial charge in [-0.3, -0.25) is 0 Å². The van der Waals surface area contributed by atoms with Crippen LogP contribution >= 0.6 is 0 Å². The Morgan fingerprint density at radius 2 is 1.71 bits per heavy atom. The molecule has 0 heterocycles. The molecule has 1 aromatic rings. The largest absolute Gasteiger partial charge is 0.493 e. The van der Waals surface area contributed by atoms with Gasteiger partial charge in [-0.1, -0.05) is 6.42 Å². The molecule has 4 heteroatoms. The van der Waals surface area contributed by atoms with Crippen LogP contribution in [0.15, 0.2) is 12.1 Å². The second kappa shape index (κ2) is 7.12. The molecule has 0 bridgehead atoms. The maximum absolute atomic E-state index is 13.7. The summed E-state index contributed by atoms with van der Waals surface area (Å²) >= 11 is 0. The molecule has 0 aliphatic heterocycles. The minimum Gasteiger partial charge on any atom is -0.493 e. The maximum Gasteiger partial charge on any atom is 0.163 e. The normalized spacial score (nSPS) is 10.4. The summed E-state index contributed by atoms with van der Waals surface area (Å²) in [5.41, 5.74) is 6.08. The fraction of sp³-hybridized carbons (Fsp3) is 0.538. The van der Waals surface area contributed by atoms with Gasteiger partial charge in [0.05, 0.1) is 14.2 Å². The van der Waals surface area contributed by atoms with E-state index in [2.05, 4.69) is 0 Å². The summed E-state index contributed by atoms with van der Waals surface area (Å²) in [4.78, 5) is 0. The first kappa shape index (κ1) is 13.8. The molecule has 0 amide bonds. The van der Waals surface area contributed by atoms with Gasteiger partial charge in [0.25, 0.3) is 0 Å². The number of hydrogen-bond acceptors (Lipinski definition) is 3. The highest BCUT2D eigenvalue weighted by Gasteiger charge is 2.10. The van der Waals surface area contributed by atoms with Gasteiger partial charge in [-0.2, -0.15) is 0 Å². The van der Waals surface area contributed by atoms with Gasteiger partial charge in [0.15, 0.2) is 11.5 Å². The van der Waals surface area contributed by atoms with E-state index in [1.54, 1.807) is 13.2 Å². The van der Waals surface area contributed by atoms with Crippen LogP contribution in [0.25, 0.3) is 0 Å². The van der Waals surface area contributed by atoms with Crippen LogP contribution < -0.4 is 15.2 Å². The smallest absolute Gasteiger partial charge is 0.163 e. The number of unbranched alkanes of at least 4 members (excludes halogenated alkanes) is 2. The number of ether oxygens (including phenoxy) is 2. The zero-order chi connectivity index (χ0) is 12.7. The molecule has 0 aliphatic carbocycles. The average Bonchev–Trinajstić information content (AvgIpc) is 2.35. The molecule has 3 nitrogen and oxygen atoms in total. The molecule has 0 fully saturated rings. The number of methoxy groups -OCH3 is 2. The van der Waals surface area contributed by atoms with E-state index in [9.17, 15) is 4.39 Å². The summed E-state index contributed by atoms with van der Waals surface area (Å²) in [5.74, 6) is 0.758. The van der Waals surface area contributed by atoms with Crippen molar-refractivity contribution in [1.82, 2.24) is 0 Å². The van der Waals surface area contributed by atoms with Crippen LogP contribution in [0.2, 0.25) is 0 Å². The fourth-order valence-electron chi connectivity index (χ4n) is 1.72. The van der Waals surface area contributed by atoms with Crippen LogP contribution in [0.4, 0.5) is 4.39 Å². The Morgan fingerprint density at radius 1 is 1.06 bits per heavy atom. The molecule has 0 radical (unpaired) electrons. The molecule has 0 aromatic heterocycles. The lowest BCUT2D eigenvalue weighted by molar-refractivity contribution is 0.351. The quantitative estimate of drug-likeness (QED) is 0.746.